The van der Waals surface area contributed by atoms with Gasteiger partial charge >= 0.3 is 6.09 Å². The van der Waals surface area contributed by atoms with E-state index in [-0.39, 0.29) is 12.1 Å². The molecule has 3 heteroatoms. The van der Waals surface area contributed by atoms with Gasteiger partial charge in [-0.2, -0.15) is 0 Å². The molecule has 0 aliphatic heterocycles. The highest BCUT2D eigenvalue weighted by Crippen LogP contribution is 2.30. The van der Waals surface area contributed by atoms with Crippen molar-refractivity contribution < 1.29 is 9.53 Å². The van der Waals surface area contributed by atoms with Gasteiger partial charge in [0.2, 0.25) is 0 Å². The normalized spacial score (nSPS) is 18.4. The van der Waals surface area contributed by atoms with E-state index in [0.717, 1.165) is 19.3 Å². The molecular weight excluding hydrogens is 214 g/mol. The number of carbonyl (C=O) groups excluding carboxylic acids is 1. The molecule has 92 valence electrons. The Morgan fingerprint density at radius 3 is 3.12 bits per heavy atom. The lowest BCUT2D eigenvalue weighted by Gasteiger charge is -2.26. The van der Waals surface area contributed by atoms with Crippen LogP contribution >= 0.6 is 0 Å². The molecule has 0 aromatic heterocycles. The summed E-state index contributed by atoms with van der Waals surface area (Å²) in [5.41, 5.74) is 3.84. The number of hydrogen-bond acceptors (Lipinski definition) is 2. The summed E-state index contributed by atoms with van der Waals surface area (Å²) < 4.78 is 4.94. The SMILES string of the molecule is CCOC(=O)NC1CCCc2ccc(C)cc21. The van der Waals surface area contributed by atoms with Crippen molar-refractivity contribution in [3.63, 3.8) is 0 Å². The highest BCUT2D eigenvalue weighted by atomic mass is 16.5. The molecule has 0 fully saturated rings. The third-order valence-corrected chi connectivity index (χ3v) is 3.18. The standard InChI is InChI=1S/C14H19NO2/c1-3-17-14(16)15-13-6-4-5-11-8-7-10(2)9-12(11)13/h7-9,13H,3-6H2,1-2H3,(H,15,16). The summed E-state index contributed by atoms with van der Waals surface area (Å²) in [6, 6.07) is 6.58. The van der Waals surface area contributed by atoms with Crippen LogP contribution in [0.2, 0.25) is 0 Å². The van der Waals surface area contributed by atoms with Crippen molar-refractivity contribution in [2.24, 2.45) is 0 Å². The first kappa shape index (κ1) is 12.0. The smallest absolute Gasteiger partial charge is 0.407 e. The number of aryl methyl sites for hydroxylation is 2. The molecule has 0 saturated carbocycles. The van der Waals surface area contributed by atoms with Gasteiger partial charge in [0, 0.05) is 0 Å². The molecule has 0 radical (unpaired) electrons. The van der Waals surface area contributed by atoms with Gasteiger partial charge in [-0.1, -0.05) is 23.8 Å². The first-order valence-electron chi connectivity index (χ1n) is 6.23. The molecule has 1 aliphatic carbocycles. The number of alkyl carbamates (subject to hydrolysis) is 1. The van der Waals surface area contributed by atoms with Crippen molar-refractivity contribution >= 4 is 6.09 Å². The average molecular weight is 233 g/mol. The Hall–Kier alpha value is -1.51. The van der Waals surface area contributed by atoms with Crippen LogP contribution in [0.4, 0.5) is 4.79 Å². The largest absolute Gasteiger partial charge is 0.450 e. The van der Waals surface area contributed by atoms with Crippen LogP contribution in [0.1, 0.15) is 42.5 Å². The number of amides is 1. The van der Waals surface area contributed by atoms with Gasteiger partial charge in [0.05, 0.1) is 12.6 Å². The highest BCUT2D eigenvalue weighted by Gasteiger charge is 2.22. The Morgan fingerprint density at radius 1 is 1.53 bits per heavy atom. The lowest BCUT2D eigenvalue weighted by molar-refractivity contribution is 0.147. The maximum Gasteiger partial charge on any atom is 0.407 e. The summed E-state index contributed by atoms with van der Waals surface area (Å²) in [7, 11) is 0. The van der Waals surface area contributed by atoms with E-state index >= 15 is 0 Å². The van der Waals surface area contributed by atoms with E-state index in [9.17, 15) is 4.79 Å². The van der Waals surface area contributed by atoms with Gasteiger partial charge in [0.25, 0.3) is 0 Å². The molecule has 0 heterocycles. The lowest BCUT2D eigenvalue weighted by Crippen LogP contribution is -2.31. The molecule has 1 amide bonds. The first-order valence-corrected chi connectivity index (χ1v) is 6.23. The molecular formula is C14H19NO2. The first-order chi connectivity index (χ1) is 8.20. The van der Waals surface area contributed by atoms with Crippen molar-refractivity contribution in [2.75, 3.05) is 6.61 Å². The van der Waals surface area contributed by atoms with Crippen molar-refractivity contribution in [2.45, 2.75) is 39.2 Å². The van der Waals surface area contributed by atoms with Crippen LogP contribution in [0.5, 0.6) is 0 Å². The number of rotatable bonds is 2. The Labute approximate surface area is 102 Å². The third-order valence-electron chi connectivity index (χ3n) is 3.18. The Morgan fingerprint density at radius 2 is 2.35 bits per heavy atom. The maximum absolute atomic E-state index is 11.5. The van der Waals surface area contributed by atoms with Gasteiger partial charge in [0.15, 0.2) is 0 Å². The Bertz CT molecular complexity index is 415. The van der Waals surface area contributed by atoms with E-state index in [1.54, 1.807) is 0 Å². The van der Waals surface area contributed by atoms with E-state index in [4.69, 9.17) is 4.74 Å². The fraction of sp³-hybridized carbons (Fsp3) is 0.500. The quantitative estimate of drug-likeness (QED) is 0.852. The topological polar surface area (TPSA) is 38.3 Å². The second-order valence-corrected chi connectivity index (χ2v) is 4.51. The molecule has 0 bridgehead atoms. The minimum absolute atomic E-state index is 0.109. The molecule has 1 aliphatic rings. The molecule has 1 aromatic carbocycles. The summed E-state index contributed by atoms with van der Waals surface area (Å²) in [5.74, 6) is 0. The van der Waals surface area contributed by atoms with Crippen LogP contribution in [0.15, 0.2) is 18.2 Å². The number of carbonyl (C=O) groups is 1. The van der Waals surface area contributed by atoms with Crippen molar-refractivity contribution in [1.29, 1.82) is 0 Å². The second-order valence-electron chi connectivity index (χ2n) is 4.51. The van der Waals surface area contributed by atoms with Crippen LogP contribution in [0.3, 0.4) is 0 Å². The van der Waals surface area contributed by atoms with Crippen molar-refractivity contribution in [3.05, 3.63) is 34.9 Å². The fourth-order valence-corrected chi connectivity index (χ4v) is 2.38. The van der Waals surface area contributed by atoms with Crippen LogP contribution < -0.4 is 5.32 Å². The number of benzene rings is 1. The van der Waals surface area contributed by atoms with E-state index in [2.05, 4.69) is 30.4 Å². The van der Waals surface area contributed by atoms with Gasteiger partial charge < -0.3 is 10.1 Å². The fourth-order valence-electron chi connectivity index (χ4n) is 2.38. The summed E-state index contributed by atoms with van der Waals surface area (Å²) in [4.78, 5) is 11.5. The molecule has 17 heavy (non-hydrogen) atoms. The number of ether oxygens (including phenoxy) is 1. The summed E-state index contributed by atoms with van der Waals surface area (Å²) in [6.07, 6.45) is 2.91. The Balaban J connectivity index is 2.16. The minimum atomic E-state index is -0.313. The molecule has 1 aromatic rings. The average Bonchev–Trinajstić information content (AvgIpc) is 2.30. The van der Waals surface area contributed by atoms with E-state index in [1.165, 1.54) is 16.7 Å². The number of hydrogen-bond donors (Lipinski definition) is 1. The zero-order chi connectivity index (χ0) is 12.3. The predicted octanol–water partition coefficient (Wildman–Crippen LogP) is 3.12. The molecule has 2 rings (SSSR count). The van der Waals surface area contributed by atoms with Gasteiger partial charge in [-0.25, -0.2) is 4.79 Å². The zero-order valence-electron chi connectivity index (χ0n) is 10.5. The zero-order valence-corrected chi connectivity index (χ0v) is 10.5. The molecule has 1 atom stereocenters. The van der Waals surface area contributed by atoms with Gasteiger partial charge in [-0.3, -0.25) is 0 Å². The number of fused-ring (bicyclic) bond motifs is 1. The molecule has 3 nitrogen and oxygen atoms in total. The van der Waals surface area contributed by atoms with Gasteiger partial charge in [-0.05, 0) is 44.2 Å². The van der Waals surface area contributed by atoms with Gasteiger partial charge in [-0.15, -0.1) is 0 Å². The van der Waals surface area contributed by atoms with Gasteiger partial charge in [0.1, 0.15) is 0 Å². The predicted molar refractivity (Wildman–Crippen MR) is 67.0 cm³/mol. The third kappa shape index (κ3) is 2.78. The minimum Gasteiger partial charge on any atom is -0.450 e. The summed E-state index contributed by atoms with van der Waals surface area (Å²) >= 11 is 0. The maximum atomic E-state index is 11.5. The van der Waals surface area contributed by atoms with Crippen LogP contribution in [-0.4, -0.2) is 12.7 Å². The highest BCUT2D eigenvalue weighted by molar-refractivity contribution is 5.68. The second kappa shape index (κ2) is 5.21. The summed E-state index contributed by atoms with van der Waals surface area (Å²) in [5, 5.41) is 2.94. The van der Waals surface area contributed by atoms with Crippen LogP contribution in [0, 0.1) is 6.92 Å². The van der Waals surface area contributed by atoms with Crippen molar-refractivity contribution in [3.8, 4) is 0 Å². The van der Waals surface area contributed by atoms with Crippen molar-refractivity contribution in [1.82, 2.24) is 5.32 Å². The lowest BCUT2D eigenvalue weighted by atomic mass is 9.87. The summed E-state index contributed by atoms with van der Waals surface area (Å²) in [6.45, 7) is 4.31. The Kier molecular flexibility index (Phi) is 3.67. The molecule has 1 N–H and O–H groups in total. The van der Waals surface area contributed by atoms with Crippen LogP contribution in [-0.2, 0) is 11.2 Å². The van der Waals surface area contributed by atoms with E-state index < -0.39 is 0 Å². The molecule has 0 spiro atoms. The monoisotopic (exact) mass is 233 g/mol. The van der Waals surface area contributed by atoms with E-state index in [0.29, 0.717) is 6.61 Å². The number of nitrogens with one attached hydrogen (secondary N) is 1. The molecule has 0 saturated heterocycles. The molecule has 1 unspecified atom stereocenters. The van der Waals surface area contributed by atoms with Crippen LogP contribution in [0.25, 0.3) is 0 Å². The van der Waals surface area contributed by atoms with E-state index in [1.807, 2.05) is 6.92 Å².